The van der Waals surface area contributed by atoms with E-state index >= 15 is 0 Å². The molecule has 0 aliphatic rings. The predicted octanol–water partition coefficient (Wildman–Crippen LogP) is 0.170. The monoisotopic (exact) mass is 124 g/mol. The second-order valence-electron chi connectivity index (χ2n) is 1.24. The summed E-state index contributed by atoms with van der Waals surface area (Å²) in [4.78, 5) is 0. The topological polar surface area (TPSA) is 90.1 Å². The zero-order chi connectivity index (χ0) is 6.53. The molecule has 0 aliphatic carbocycles. The Morgan fingerprint density at radius 1 is 1.78 bits per heavy atom. The van der Waals surface area contributed by atoms with Crippen LogP contribution in [0.25, 0.3) is 0 Å². The lowest BCUT2D eigenvalue weighted by atomic mass is 10.5. The molecule has 6 heteroatoms. The molecule has 0 aromatic carbocycles. The van der Waals surface area contributed by atoms with Crippen molar-refractivity contribution in [2.24, 2.45) is 10.3 Å². The van der Waals surface area contributed by atoms with E-state index in [0.717, 1.165) is 0 Å². The summed E-state index contributed by atoms with van der Waals surface area (Å²) in [5, 5.41) is 15.5. The average molecular weight is 124 g/mol. The van der Waals surface area contributed by atoms with E-state index in [0.29, 0.717) is 5.69 Å². The van der Waals surface area contributed by atoms with Gasteiger partial charge in [-0.3, -0.25) is 0 Å². The van der Waals surface area contributed by atoms with E-state index < -0.39 is 0 Å². The molecule has 0 atom stereocenters. The molecule has 1 rings (SSSR count). The number of H-pyrrole nitrogens is 1. The Labute approximate surface area is 50.5 Å². The second kappa shape index (κ2) is 2.65. The van der Waals surface area contributed by atoms with E-state index in [9.17, 15) is 0 Å². The van der Waals surface area contributed by atoms with E-state index in [4.69, 9.17) is 5.53 Å². The number of nitrogens with one attached hydrogen (secondary N) is 2. The van der Waals surface area contributed by atoms with Crippen molar-refractivity contribution in [3.63, 3.8) is 0 Å². The maximum Gasteiger partial charge on any atom is 0.125 e. The molecule has 0 saturated heterocycles. The lowest BCUT2D eigenvalue weighted by molar-refractivity contribution is 0.936. The van der Waals surface area contributed by atoms with Gasteiger partial charge in [-0.05, 0) is 0 Å². The van der Waals surface area contributed by atoms with E-state index in [-0.39, 0.29) is 0 Å². The molecule has 46 valence electrons. The van der Waals surface area contributed by atoms with Crippen LogP contribution in [0.2, 0.25) is 0 Å². The first kappa shape index (κ1) is 5.54. The highest BCUT2D eigenvalue weighted by Crippen LogP contribution is 1.80. The summed E-state index contributed by atoms with van der Waals surface area (Å²) >= 11 is 0. The van der Waals surface area contributed by atoms with Gasteiger partial charge in [-0.2, -0.15) is 20.9 Å². The normalized spacial score (nSPS) is 10.2. The Bertz CT molecular complexity index is 198. The average Bonchev–Trinajstić information content (AvgIpc) is 2.34. The molecule has 0 fully saturated rings. The second-order valence-corrected chi connectivity index (χ2v) is 1.24. The van der Waals surface area contributed by atoms with Crippen molar-refractivity contribution < 1.29 is 0 Å². The van der Waals surface area contributed by atoms with Gasteiger partial charge in [0.25, 0.3) is 0 Å². The molecule has 0 bridgehead atoms. The first-order chi connectivity index (χ1) is 4.43. The van der Waals surface area contributed by atoms with Crippen LogP contribution in [-0.2, 0) is 0 Å². The fraction of sp³-hybridized carbons (Fsp3) is 0. The Morgan fingerprint density at radius 3 is 3.22 bits per heavy atom. The molecule has 0 unspecified atom stereocenters. The van der Waals surface area contributed by atoms with E-state index in [1.54, 1.807) is 0 Å². The van der Waals surface area contributed by atoms with Crippen LogP contribution in [0.15, 0.2) is 16.5 Å². The summed E-state index contributed by atoms with van der Waals surface area (Å²) < 4.78 is 0. The molecular formula is C3H4N6. The summed E-state index contributed by atoms with van der Waals surface area (Å²) in [5.74, 6) is 0. The Hall–Kier alpha value is -1.59. The lowest BCUT2D eigenvalue weighted by Crippen LogP contribution is -1.77. The SMILES string of the molecule is N=NN=Cc1cn[nH]n1. The minimum atomic E-state index is 0.561. The van der Waals surface area contributed by atoms with Crippen molar-refractivity contribution in [1.82, 2.24) is 15.4 Å². The highest BCUT2D eigenvalue weighted by atomic mass is 15.3. The van der Waals surface area contributed by atoms with Gasteiger partial charge in [0, 0.05) is 0 Å². The van der Waals surface area contributed by atoms with Gasteiger partial charge in [-0.1, -0.05) is 5.22 Å². The summed E-state index contributed by atoms with van der Waals surface area (Å²) in [7, 11) is 0. The van der Waals surface area contributed by atoms with Crippen LogP contribution in [0, 0.1) is 5.53 Å². The lowest BCUT2D eigenvalue weighted by Gasteiger charge is -1.71. The number of hydrogen-bond donors (Lipinski definition) is 2. The maximum absolute atomic E-state index is 6.27. The molecule has 0 aliphatic heterocycles. The molecule has 0 spiro atoms. The standard InChI is InChI=1S/C3H4N6/c4-8-5-1-3-2-6-9-7-3/h1-2,4H,(H,6,7,9). The van der Waals surface area contributed by atoms with Crippen LogP contribution in [0.4, 0.5) is 0 Å². The molecular weight excluding hydrogens is 120 g/mol. The van der Waals surface area contributed by atoms with Gasteiger partial charge in [0.05, 0.1) is 12.4 Å². The first-order valence-electron chi connectivity index (χ1n) is 2.19. The van der Waals surface area contributed by atoms with Gasteiger partial charge in [0.2, 0.25) is 0 Å². The molecule has 0 radical (unpaired) electrons. The number of nitrogens with zero attached hydrogens (tertiary/aromatic N) is 4. The fourth-order valence-electron chi connectivity index (χ4n) is 0.361. The third kappa shape index (κ3) is 1.41. The molecule has 1 heterocycles. The summed E-state index contributed by atoms with van der Waals surface area (Å²) in [6.45, 7) is 0. The predicted molar refractivity (Wildman–Crippen MR) is 29.1 cm³/mol. The van der Waals surface area contributed by atoms with Gasteiger partial charge >= 0.3 is 0 Å². The van der Waals surface area contributed by atoms with Gasteiger partial charge in [0.15, 0.2) is 0 Å². The molecule has 9 heavy (non-hydrogen) atoms. The summed E-state index contributed by atoms with van der Waals surface area (Å²) in [5.41, 5.74) is 6.83. The van der Waals surface area contributed by atoms with Crippen molar-refractivity contribution in [2.45, 2.75) is 0 Å². The third-order valence-electron chi connectivity index (χ3n) is 0.681. The van der Waals surface area contributed by atoms with Gasteiger partial charge in [0.1, 0.15) is 5.69 Å². The van der Waals surface area contributed by atoms with Crippen LogP contribution in [0.3, 0.4) is 0 Å². The van der Waals surface area contributed by atoms with Crippen LogP contribution in [-0.4, -0.2) is 21.6 Å². The summed E-state index contributed by atoms with van der Waals surface area (Å²) in [6, 6.07) is 0. The Kier molecular flexibility index (Phi) is 1.63. The third-order valence-corrected chi connectivity index (χ3v) is 0.681. The first-order valence-corrected chi connectivity index (χ1v) is 2.19. The zero-order valence-corrected chi connectivity index (χ0v) is 4.44. The molecule has 1 aromatic rings. The zero-order valence-electron chi connectivity index (χ0n) is 4.44. The van der Waals surface area contributed by atoms with Crippen molar-refractivity contribution in [2.75, 3.05) is 0 Å². The van der Waals surface area contributed by atoms with Crippen LogP contribution >= 0.6 is 0 Å². The van der Waals surface area contributed by atoms with E-state index in [1.165, 1.54) is 12.4 Å². The van der Waals surface area contributed by atoms with E-state index in [1.807, 2.05) is 0 Å². The van der Waals surface area contributed by atoms with Crippen LogP contribution < -0.4 is 0 Å². The minimum absolute atomic E-state index is 0.561. The number of aromatic amines is 1. The van der Waals surface area contributed by atoms with Gasteiger partial charge < -0.3 is 0 Å². The van der Waals surface area contributed by atoms with Crippen LogP contribution in [0.5, 0.6) is 0 Å². The Morgan fingerprint density at radius 2 is 2.67 bits per heavy atom. The highest BCUT2D eigenvalue weighted by molar-refractivity contribution is 5.75. The molecule has 0 saturated carbocycles. The maximum atomic E-state index is 6.27. The quantitative estimate of drug-likeness (QED) is 0.334. The molecule has 6 nitrogen and oxygen atoms in total. The van der Waals surface area contributed by atoms with Gasteiger partial charge in [-0.15, -0.1) is 5.10 Å². The Balaban J connectivity index is 2.67. The number of hydrogen-bond acceptors (Lipinski definition) is 4. The van der Waals surface area contributed by atoms with E-state index in [2.05, 4.69) is 25.7 Å². The van der Waals surface area contributed by atoms with Crippen molar-refractivity contribution in [1.29, 1.82) is 5.53 Å². The summed E-state index contributed by atoms with van der Waals surface area (Å²) in [6.07, 6.45) is 2.81. The largest absolute Gasteiger partial charge is 0.197 e. The minimum Gasteiger partial charge on any atom is -0.197 e. The van der Waals surface area contributed by atoms with Crippen molar-refractivity contribution >= 4 is 6.21 Å². The molecule has 0 amide bonds. The fourth-order valence-corrected chi connectivity index (χ4v) is 0.361. The highest BCUT2D eigenvalue weighted by Gasteiger charge is 1.85. The van der Waals surface area contributed by atoms with Crippen molar-refractivity contribution in [3.05, 3.63) is 11.9 Å². The van der Waals surface area contributed by atoms with Crippen molar-refractivity contribution in [3.8, 4) is 0 Å². The smallest absolute Gasteiger partial charge is 0.125 e. The number of rotatable bonds is 2. The molecule has 2 N–H and O–H groups in total. The van der Waals surface area contributed by atoms with Gasteiger partial charge in [-0.25, -0.2) is 0 Å². The number of aromatic nitrogens is 3. The van der Waals surface area contributed by atoms with Crippen LogP contribution in [0.1, 0.15) is 5.69 Å². The molecule has 1 aromatic heterocycles.